The minimum atomic E-state index is 0.0237. The fourth-order valence-electron chi connectivity index (χ4n) is 4.52. The van der Waals surface area contributed by atoms with E-state index < -0.39 is 0 Å². The summed E-state index contributed by atoms with van der Waals surface area (Å²) in [6.07, 6.45) is 8.37. The number of aromatic nitrogens is 2. The molecule has 5 heteroatoms. The molecule has 0 radical (unpaired) electrons. The van der Waals surface area contributed by atoms with E-state index in [0.717, 1.165) is 38.9 Å². The molecule has 2 aliphatic heterocycles. The third-order valence-electron chi connectivity index (χ3n) is 5.91. The summed E-state index contributed by atoms with van der Waals surface area (Å²) >= 11 is 0. The predicted molar refractivity (Wildman–Crippen MR) is 102 cm³/mol. The van der Waals surface area contributed by atoms with Gasteiger partial charge in [0.05, 0.1) is 12.1 Å². The summed E-state index contributed by atoms with van der Waals surface area (Å²) in [5.41, 5.74) is 2.50. The minimum Gasteiger partial charge on any atom is -0.339 e. The second kappa shape index (κ2) is 7.62. The summed E-state index contributed by atoms with van der Waals surface area (Å²) in [5, 5.41) is 7.73. The van der Waals surface area contributed by atoms with Crippen molar-refractivity contribution in [2.75, 3.05) is 19.6 Å². The van der Waals surface area contributed by atoms with E-state index in [1.807, 2.05) is 17.9 Å². The number of benzene rings is 1. The Balaban J connectivity index is 1.51. The second-order valence-corrected chi connectivity index (χ2v) is 7.69. The Hall–Kier alpha value is -2.14. The lowest BCUT2D eigenvalue weighted by atomic mass is 9.87. The van der Waals surface area contributed by atoms with E-state index in [9.17, 15) is 4.79 Å². The lowest BCUT2D eigenvalue weighted by Gasteiger charge is -2.38. The number of rotatable bonds is 4. The van der Waals surface area contributed by atoms with E-state index in [4.69, 9.17) is 0 Å². The van der Waals surface area contributed by atoms with Crippen molar-refractivity contribution in [3.63, 3.8) is 0 Å². The first-order valence-electron chi connectivity index (χ1n) is 9.76. The fourth-order valence-corrected chi connectivity index (χ4v) is 4.52. The van der Waals surface area contributed by atoms with E-state index in [2.05, 4.69) is 51.8 Å². The highest BCUT2D eigenvalue weighted by Gasteiger charge is 2.39. The van der Waals surface area contributed by atoms with Crippen LogP contribution in [0.15, 0.2) is 42.7 Å². The summed E-state index contributed by atoms with van der Waals surface area (Å²) in [6, 6.07) is 10.9. The van der Waals surface area contributed by atoms with Crippen molar-refractivity contribution in [3.8, 4) is 0 Å². The van der Waals surface area contributed by atoms with E-state index in [1.54, 1.807) is 0 Å². The van der Waals surface area contributed by atoms with Gasteiger partial charge in [0.15, 0.2) is 0 Å². The molecule has 1 aromatic carbocycles. The SMILES string of the molecule is Cn1cc([C@H]2CNC[C@@H]2C(=O)N2CCCCC2Cc2ccccc2)cn1. The Bertz CT molecular complexity index is 741. The minimum absolute atomic E-state index is 0.0237. The topological polar surface area (TPSA) is 50.2 Å². The Morgan fingerprint density at radius 2 is 2.08 bits per heavy atom. The van der Waals surface area contributed by atoms with E-state index in [1.165, 1.54) is 17.5 Å². The first-order chi connectivity index (χ1) is 12.7. The van der Waals surface area contributed by atoms with Crippen molar-refractivity contribution in [2.24, 2.45) is 13.0 Å². The van der Waals surface area contributed by atoms with Gasteiger partial charge in [-0.2, -0.15) is 5.10 Å². The molecule has 2 aromatic rings. The van der Waals surface area contributed by atoms with Gasteiger partial charge in [-0.05, 0) is 36.8 Å². The molecule has 2 aliphatic rings. The molecule has 2 saturated heterocycles. The standard InChI is InChI=1S/C21H28N4O/c1-24-15-17(12-23-24)19-13-22-14-20(19)21(26)25-10-6-5-9-18(25)11-16-7-3-2-4-8-16/h2-4,7-8,12,15,18-20,22H,5-6,9-11,13-14H2,1H3/t18?,19-,20+/m1/s1. The van der Waals surface area contributed by atoms with Crippen LogP contribution in [0.25, 0.3) is 0 Å². The van der Waals surface area contributed by atoms with Gasteiger partial charge in [0, 0.05) is 44.8 Å². The van der Waals surface area contributed by atoms with Crippen LogP contribution in [-0.2, 0) is 18.3 Å². The number of nitrogens with zero attached hydrogens (tertiary/aromatic N) is 3. The Morgan fingerprint density at radius 3 is 2.85 bits per heavy atom. The molecule has 0 spiro atoms. The molecule has 138 valence electrons. The van der Waals surface area contributed by atoms with E-state index in [-0.39, 0.29) is 11.8 Å². The summed E-state index contributed by atoms with van der Waals surface area (Å²) in [4.78, 5) is 15.6. The number of hydrogen-bond acceptors (Lipinski definition) is 3. The molecule has 0 bridgehead atoms. The largest absolute Gasteiger partial charge is 0.339 e. The van der Waals surface area contributed by atoms with Gasteiger partial charge in [-0.1, -0.05) is 30.3 Å². The maximum absolute atomic E-state index is 13.5. The third kappa shape index (κ3) is 3.54. The highest BCUT2D eigenvalue weighted by Crippen LogP contribution is 2.32. The van der Waals surface area contributed by atoms with E-state index in [0.29, 0.717) is 11.9 Å². The molecular formula is C21H28N4O. The van der Waals surface area contributed by atoms with Crippen LogP contribution in [0.5, 0.6) is 0 Å². The van der Waals surface area contributed by atoms with Crippen LogP contribution in [0.3, 0.4) is 0 Å². The molecule has 3 atom stereocenters. The quantitative estimate of drug-likeness (QED) is 0.919. The molecule has 2 fully saturated rings. The van der Waals surface area contributed by atoms with Crippen LogP contribution in [-0.4, -0.2) is 46.3 Å². The summed E-state index contributed by atoms with van der Waals surface area (Å²) in [5.74, 6) is 0.579. The molecule has 1 aromatic heterocycles. The van der Waals surface area contributed by atoms with Crippen LogP contribution < -0.4 is 5.32 Å². The second-order valence-electron chi connectivity index (χ2n) is 7.69. The van der Waals surface area contributed by atoms with Crippen molar-refractivity contribution in [1.82, 2.24) is 20.0 Å². The molecular weight excluding hydrogens is 324 g/mol. The van der Waals surface area contributed by atoms with Gasteiger partial charge in [0.1, 0.15) is 0 Å². The Kier molecular flexibility index (Phi) is 5.07. The highest BCUT2D eigenvalue weighted by atomic mass is 16.2. The number of amides is 1. The van der Waals surface area contributed by atoms with Gasteiger partial charge in [0.25, 0.3) is 0 Å². The lowest BCUT2D eigenvalue weighted by Crippen LogP contribution is -2.48. The summed E-state index contributed by atoms with van der Waals surface area (Å²) in [6.45, 7) is 2.53. The van der Waals surface area contributed by atoms with Crippen molar-refractivity contribution < 1.29 is 4.79 Å². The van der Waals surface area contributed by atoms with Gasteiger partial charge in [-0.3, -0.25) is 9.48 Å². The zero-order valence-corrected chi connectivity index (χ0v) is 15.5. The van der Waals surface area contributed by atoms with Crippen molar-refractivity contribution in [3.05, 3.63) is 53.9 Å². The first-order valence-corrected chi connectivity index (χ1v) is 9.76. The number of nitrogens with one attached hydrogen (secondary N) is 1. The maximum Gasteiger partial charge on any atom is 0.227 e. The van der Waals surface area contributed by atoms with Gasteiger partial charge in [0.2, 0.25) is 5.91 Å². The van der Waals surface area contributed by atoms with Crippen LogP contribution in [0.1, 0.15) is 36.3 Å². The third-order valence-corrected chi connectivity index (χ3v) is 5.91. The maximum atomic E-state index is 13.5. The normalized spacial score (nSPS) is 26.2. The van der Waals surface area contributed by atoms with Gasteiger partial charge < -0.3 is 10.2 Å². The number of carbonyl (C=O) groups is 1. The lowest BCUT2D eigenvalue weighted by molar-refractivity contribution is -0.139. The fraction of sp³-hybridized carbons (Fsp3) is 0.524. The molecule has 1 N–H and O–H groups in total. The molecule has 1 amide bonds. The predicted octanol–water partition coefficient (Wildman–Crippen LogP) is 2.35. The van der Waals surface area contributed by atoms with E-state index >= 15 is 0 Å². The summed E-state index contributed by atoms with van der Waals surface area (Å²) in [7, 11) is 1.93. The number of carbonyl (C=O) groups excluding carboxylic acids is 1. The van der Waals surface area contributed by atoms with Crippen LogP contribution >= 0.6 is 0 Å². The van der Waals surface area contributed by atoms with Crippen LogP contribution in [0.2, 0.25) is 0 Å². The molecule has 3 heterocycles. The monoisotopic (exact) mass is 352 g/mol. The number of aryl methyl sites for hydroxylation is 1. The Morgan fingerprint density at radius 1 is 1.23 bits per heavy atom. The number of likely N-dealkylation sites (tertiary alicyclic amines) is 1. The number of piperidine rings is 1. The van der Waals surface area contributed by atoms with Crippen LogP contribution in [0.4, 0.5) is 0 Å². The molecule has 0 saturated carbocycles. The van der Waals surface area contributed by atoms with Crippen molar-refractivity contribution >= 4 is 5.91 Å². The average molecular weight is 352 g/mol. The Labute approximate surface area is 155 Å². The highest BCUT2D eigenvalue weighted by molar-refractivity contribution is 5.81. The molecule has 1 unspecified atom stereocenters. The van der Waals surface area contributed by atoms with Gasteiger partial charge >= 0.3 is 0 Å². The molecule has 5 nitrogen and oxygen atoms in total. The summed E-state index contributed by atoms with van der Waals surface area (Å²) < 4.78 is 1.83. The van der Waals surface area contributed by atoms with Crippen LogP contribution in [0, 0.1) is 5.92 Å². The van der Waals surface area contributed by atoms with Crippen molar-refractivity contribution in [2.45, 2.75) is 37.6 Å². The smallest absolute Gasteiger partial charge is 0.227 e. The first kappa shape index (κ1) is 17.3. The van der Waals surface area contributed by atoms with Crippen molar-refractivity contribution in [1.29, 1.82) is 0 Å². The molecule has 0 aliphatic carbocycles. The van der Waals surface area contributed by atoms with Gasteiger partial charge in [-0.25, -0.2) is 0 Å². The molecule has 26 heavy (non-hydrogen) atoms. The molecule has 4 rings (SSSR count). The zero-order valence-electron chi connectivity index (χ0n) is 15.5. The zero-order chi connectivity index (χ0) is 17.9. The average Bonchev–Trinajstić information content (AvgIpc) is 3.31. The number of hydrogen-bond donors (Lipinski definition) is 1. The van der Waals surface area contributed by atoms with Gasteiger partial charge in [-0.15, -0.1) is 0 Å².